The highest BCUT2D eigenvalue weighted by molar-refractivity contribution is 7.99. The van der Waals surface area contributed by atoms with Crippen LogP contribution in [0.15, 0.2) is 18.2 Å². The number of fused-ring (bicyclic) bond motifs is 1. The third kappa shape index (κ3) is 3.35. The van der Waals surface area contributed by atoms with Gasteiger partial charge in [0.25, 0.3) is 0 Å². The Balaban J connectivity index is 2.32. The summed E-state index contributed by atoms with van der Waals surface area (Å²) in [6, 6.07) is 7.66. The lowest BCUT2D eigenvalue weighted by atomic mass is 9.91. The van der Waals surface area contributed by atoms with Crippen molar-refractivity contribution in [2.45, 2.75) is 63.5 Å². The van der Waals surface area contributed by atoms with Crippen molar-refractivity contribution in [3.63, 3.8) is 0 Å². The molecule has 0 aromatic heterocycles. The highest BCUT2D eigenvalue weighted by Gasteiger charge is 2.28. The smallest absolute Gasteiger partial charge is 0.0443 e. The Morgan fingerprint density at radius 1 is 1.32 bits per heavy atom. The molecule has 2 heteroatoms. The first-order valence-corrected chi connectivity index (χ1v) is 8.69. The zero-order valence-corrected chi connectivity index (χ0v) is 13.5. The Morgan fingerprint density at radius 2 is 2.11 bits per heavy atom. The number of thioether (sulfide) groups is 1. The molecule has 2 rings (SSSR count). The van der Waals surface area contributed by atoms with Crippen molar-refractivity contribution in [2.75, 3.05) is 6.54 Å². The highest BCUT2D eigenvalue weighted by atomic mass is 32.2. The van der Waals surface area contributed by atoms with Crippen molar-refractivity contribution in [3.05, 3.63) is 34.9 Å². The predicted molar refractivity (Wildman–Crippen MR) is 86.9 cm³/mol. The first-order chi connectivity index (χ1) is 9.17. The third-order valence-electron chi connectivity index (χ3n) is 4.01. The van der Waals surface area contributed by atoms with Gasteiger partial charge in [0.1, 0.15) is 0 Å². The second-order valence-corrected chi connectivity index (χ2v) is 7.03. The quantitative estimate of drug-likeness (QED) is 0.823. The molecule has 1 aromatic rings. The van der Waals surface area contributed by atoms with Gasteiger partial charge in [-0.2, -0.15) is 11.8 Å². The predicted octanol–water partition coefficient (Wildman–Crippen LogP) is 4.88. The summed E-state index contributed by atoms with van der Waals surface area (Å²) >= 11 is 2.12. The molecule has 1 heterocycles. The van der Waals surface area contributed by atoms with Crippen molar-refractivity contribution < 1.29 is 0 Å². The molecule has 1 aliphatic rings. The SMILES string of the molecule is CCCNC1c2cc(C(C)C)ccc2CSC1CC. The number of nitrogens with one attached hydrogen (secondary N) is 1. The minimum atomic E-state index is 0.539. The van der Waals surface area contributed by atoms with E-state index in [0.717, 1.165) is 11.8 Å². The van der Waals surface area contributed by atoms with E-state index in [2.05, 4.69) is 63.0 Å². The fraction of sp³-hybridized carbons (Fsp3) is 0.647. The molecule has 2 unspecified atom stereocenters. The van der Waals surface area contributed by atoms with Gasteiger partial charge in [0.05, 0.1) is 0 Å². The lowest BCUT2D eigenvalue weighted by Gasteiger charge is -2.34. The van der Waals surface area contributed by atoms with Crippen LogP contribution in [-0.2, 0) is 5.75 Å². The van der Waals surface area contributed by atoms with E-state index in [1.54, 1.807) is 5.56 Å². The van der Waals surface area contributed by atoms with Crippen LogP contribution >= 0.6 is 11.8 Å². The highest BCUT2D eigenvalue weighted by Crippen LogP contribution is 2.40. The topological polar surface area (TPSA) is 12.0 Å². The molecule has 0 amide bonds. The molecule has 0 saturated carbocycles. The van der Waals surface area contributed by atoms with Gasteiger partial charge in [0.15, 0.2) is 0 Å². The van der Waals surface area contributed by atoms with Gasteiger partial charge in [-0.15, -0.1) is 0 Å². The maximum Gasteiger partial charge on any atom is 0.0443 e. The van der Waals surface area contributed by atoms with Crippen molar-refractivity contribution >= 4 is 11.8 Å². The summed E-state index contributed by atoms with van der Waals surface area (Å²) in [5.41, 5.74) is 4.57. The molecular weight excluding hydrogens is 250 g/mol. The Morgan fingerprint density at radius 3 is 2.74 bits per heavy atom. The summed E-state index contributed by atoms with van der Waals surface area (Å²) in [4.78, 5) is 0. The van der Waals surface area contributed by atoms with E-state index in [1.807, 2.05) is 0 Å². The molecule has 0 bridgehead atoms. The minimum Gasteiger partial charge on any atom is -0.309 e. The summed E-state index contributed by atoms with van der Waals surface area (Å²) in [6.45, 7) is 10.2. The number of hydrogen-bond donors (Lipinski definition) is 1. The summed E-state index contributed by atoms with van der Waals surface area (Å²) in [5, 5.41) is 4.50. The Labute approximate surface area is 122 Å². The van der Waals surface area contributed by atoms with Gasteiger partial charge in [-0.05, 0) is 42.0 Å². The van der Waals surface area contributed by atoms with Gasteiger partial charge < -0.3 is 5.32 Å². The number of benzene rings is 1. The molecule has 106 valence electrons. The van der Waals surface area contributed by atoms with Crippen LogP contribution in [-0.4, -0.2) is 11.8 Å². The van der Waals surface area contributed by atoms with Crippen LogP contribution in [0.3, 0.4) is 0 Å². The second-order valence-electron chi connectivity index (χ2n) is 5.80. The van der Waals surface area contributed by atoms with Crippen LogP contribution < -0.4 is 5.32 Å². The molecule has 1 aromatic carbocycles. The zero-order valence-electron chi connectivity index (χ0n) is 12.7. The molecule has 0 radical (unpaired) electrons. The lowest BCUT2D eigenvalue weighted by molar-refractivity contribution is 0.497. The molecule has 19 heavy (non-hydrogen) atoms. The average molecular weight is 277 g/mol. The van der Waals surface area contributed by atoms with Crippen molar-refractivity contribution in [2.24, 2.45) is 0 Å². The third-order valence-corrected chi connectivity index (χ3v) is 5.52. The fourth-order valence-corrected chi connectivity index (χ4v) is 4.11. The van der Waals surface area contributed by atoms with Crippen LogP contribution in [0, 0.1) is 0 Å². The summed E-state index contributed by atoms with van der Waals surface area (Å²) in [5.74, 6) is 1.79. The van der Waals surface area contributed by atoms with Crippen LogP contribution in [0.5, 0.6) is 0 Å². The van der Waals surface area contributed by atoms with E-state index >= 15 is 0 Å². The van der Waals surface area contributed by atoms with Gasteiger partial charge in [-0.3, -0.25) is 0 Å². The van der Waals surface area contributed by atoms with Gasteiger partial charge in [-0.25, -0.2) is 0 Å². The summed E-state index contributed by atoms with van der Waals surface area (Å²) in [6.07, 6.45) is 2.45. The van der Waals surface area contributed by atoms with E-state index < -0.39 is 0 Å². The van der Waals surface area contributed by atoms with E-state index in [-0.39, 0.29) is 0 Å². The van der Waals surface area contributed by atoms with E-state index in [1.165, 1.54) is 29.7 Å². The van der Waals surface area contributed by atoms with Crippen molar-refractivity contribution in [3.8, 4) is 0 Å². The average Bonchev–Trinajstić information content (AvgIpc) is 2.43. The van der Waals surface area contributed by atoms with Crippen molar-refractivity contribution in [1.29, 1.82) is 0 Å². The molecule has 1 aliphatic heterocycles. The molecule has 1 nitrogen and oxygen atoms in total. The standard InChI is InChI=1S/C17H27NS/c1-5-9-18-17-15-10-13(12(3)4)7-8-14(15)11-19-16(17)6-2/h7-8,10,12,16-18H,5-6,9,11H2,1-4H3. The van der Waals surface area contributed by atoms with Crippen LogP contribution in [0.1, 0.15) is 69.2 Å². The molecule has 2 atom stereocenters. The normalized spacial score (nSPS) is 22.6. The molecule has 0 fully saturated rings. The van der Waals surface area contributed by atoms with E-state index in [4.69, 9.17) is 0 Å². The zero-order chi connectivity index (χ0) is 13.8. The van der Waals surface area contributed by atoms with E-state index in [9.17, 15) is 0 Å². The maximum atomic E-state index is 3.77. The molecule has 0 spiro atoms. The van der Waals surface area contributed by atoms with Crippen molar-refractivity contribution in [1.82, 2.24) is 5.32 Å². The first-order valence-electron chi connectivity index (χ1n) is 7.65. The minimum absolute atomic E-state index is 0.539. The molecule has 0 aliphatic carbocycles. The van der Waals surface area contributed by atoms with Gasteiger partial charge in [0.2, 0.25) is 0 Å². The Bertz CT molecular complexity index is 414. The molecule has 1 N–H and O–H groups in total. The first kappa shape index (κ1) is 14.9. The van der Waals surface area contributed by atoms with Gasteiger partial charge in [0, 0.05) is 17.0 Å². The Kier molecular flexibility index (Phi) is 5.35. The van der Waals surface area contributed by atoms with Crippen LogP contribution in [0.2, 0.25) is 0 Å². The molecule has 0 saturated heterocycles. The monoisotopic (exact) mass is 277 g/mol. The number of rotatable bonds is 5. The lowest BCUT2D eigenvalue weighted by Crippen LogP contribution is -2.33. The van der Waals surface area contributed by atoms with Gasteiger partial charge >= 0.3 is 0 Å². The number of hydrogen-bond acceptors (Lipinski definition) is 2. The summed E-state index contributed by atoms with van der Waals surface area (Å²) < 4.78 is 0. The van der Waals surface area contributed by atoms with Crippen LogP contribution in [0.4, 0.5) is 0 Å². The Hall–Kier alpha value is -0.470. The van der Waals surface area contributed by atoms with Crippen LogP contribution in [0.25, 0.3) is 0 Å². The second kappa shape index (κ2) is 6.81. The van der Waals surface area contributed by atoms with Gasteiger partial charge in [-0.1, -0.05) is 45.9 Å². The largest absolute Gasteiger partial charge is 0.309 e. The molecular formula is C17H27NS. The summed E-state index contributed by atoms with van der Waals surface area (Å²) in [7, 11) is 0. The maximum absolute atomic E-state index is 3.77. The fourth-order valence-electron chi connectivity index (χ4n) is 2.78. The van der Waals surface area contributed by atoms with E-state index in [0.29, 0.717) is 12.0 Å².